The van der Waals surface area contributed by atoms with E-state index in [-0.39, 0.29) is 5.12 Å². The van der Waals surface area contributed by atoms with Crippen LogP contribution in [0.4, 0.5) is 0 Å². The van der Waals surface area contributed by atoms with Crippen LogP contribution in [0.15, 0.2) is 30.3 Å². The predicted molar refractivity (Wildman–Crippen MR) is 87.5 cm³/mol. The lowest BCUT2D eigenvalue weighted by Gasteiger charge is -2.30. The van der Waals surface area contributed by atoms with Gasteiger partial charge in [-0.05, 0) is 22.8 Å². The van der Waals surface area contributed by atoms with Gasteiger partial charge in [0, 0.05) is 0 Å². The molecule has 18 heavy (non-hydrogen) atoms. The fourth-order valence-corrected chi connectivity index (χ4v) is 5.71. The zero-order valence-electron chi connectivity index (χ0n) is 11.1. The van der Waals surface area contributed by atoms with Crippen molar-refractivity contribution in [3.05, 3.63) is 35.9 Å². The van der Waals surface area contributed by atoms with Gasteiger partial charge in [0.2, 0.25) is 5.12 Å². The summed E-state index contributed by atoms with van der Waals surface area (Å²) in [5.74, 6) is 2.72. The van der Waals surface area contributed by atoms with E-state index in [4.69, 9.17) is 0 Å². The molecule has 0 bridgehead atoms. The van der Waals surface area contributed by atoms with Crippen LogP contribution in [0.5, 0.6) is 0 Å². The SMILES string of the molecule is CCSC(=O)C(SCC)(SCC)c1ccccc1. The lowest BCUT2D eigenvalue weighted by molar-refractivity contribution is -0.111. The topological polar surface area (TPSA) is 17.1 Å². The molecule has 1 nitrogen and oxygen atoms in total. The average molecular weight is 301 g/mol. The summed E-state index contributed by atoms with van der Waals surface area (Å²) in [5.41, 5.74) is 1.12. The van der Waals surface area contributed by atoms with Crippen LogP contribution in [0.1, 0.15) is 26.3 Å². The number of carbonyl (C=O) groups excluding carboxylic acids is 1. The van der Waals surface area contributed by atoms with Crippen LogP contribution in [0.2, 0.25) is 0 Å². The molecule has 0 aliphatic rings. The van der Waals surface area contributed by atoms with Crippen LogP contribution in [0.25, 0.3) is 0 Å². The molecule has 0 atom stereocenters. The van der Waals surface area contributed by atoms with Crippen molar-refractivity contribution in [2.75, 3.05) is 17.3 Å². The smallest absolute Gasteiger partial charge is 0.219 e. The second-order valence-corrected chi connectivity index (χ2v) is 8.02. The maximum atomic E-state index is 12.6. The first kappa shape index (κ1) is 16.0. The molecule has 0 saturated carbocycles. The normalized spacial score (nSPS) is 11.5. The van der Waals surface area contributed by atoms with Gasteiger partial charge in [0.05, 0.1) is 0 Å². The molecule has 0 spiro atoms. The van der Waals surface area contributed by atoms with Crippen molar-refractivity contribution in [2.24, 2.45) is 0 Å². The zero-order chi connectivity index (χ0) is 13.4. The van der Waals surface area contributed by atoms with E-state index in [0.29, 0.717) is 0 Å². The summed E-state index contributed by atoms with van der Waals surface area (Å²) in [5, 5.41) is 0.273. The molecule has 0 radical (unpaired) electrons. The highest BCUT2D eigenvalue weighted by Gasteiger charge is 2.40. The number of benzene rings is 1. The second-order valence-electron chi connectivity index (χ2n) is 3.57. The molecule has 0 fully saturated rings. The highest BCUT2D eigenvalue weighted by molar-refractivity contribution is 8.24. The minimum Gasteiger partial charge on any atom is -0.284 e. The summed E-state index contributed by atoms with van der Waals surface area (Å²) >= 11 is 4.92. The van der Waals surface area contributed by atoms with Gasteiger partial charge in [0.25, 0.3) is 0 Å². The Hall–Kier alpha value is -0.0600. The molecule has 0 N–H and O–H groups in total. The lowest BCUT2D eigenvalue weighted by atomic mass is 10.1. The van der Waals surface area contributed by atoms with E-state index in [9.17, 15) is 4.79 Å². The van der Waals surface area contributed by atoms with Gasteiger partial charge in [0.15, 0.2) is 4.08 Å². The Morgan fingerprint density at radius 3 is 2.00 bits per heavy atom. The first-order valence-corrected chi connectivity index (χ1v) is 9.17. The Morgan fingerprint density at radius 1 is 1.00 bits per heavy atom. The van der Waals surface area contributed by atoms with Crippen molar-refractivity contribution in [1.29, 1.82) is 0 Å². The molecule has 1 aromatic carbocycles. The van der Waals surface area contributed by atoms with E-state index >= 15 is 0 Å². The molecular weight excluding hydrogens is 280 g/mol. The van der Waals surface area contributed by atoms with Crippen LogP contribution < -0.4 is 0 Å². The number of rotatable bonds is 7. The molecule has 0 saturated heterocycles. The third kappa shape index (κ3) is 3.72. The summed E-state index contributed by atoms with van der Waals surface area (Å²) < 4.78 is -0.439. The van der Waals surface area contributed by atoms with Crippen LogP contribution in [0, 0.1) is 0 Å². The molecule has 1 rings (SSSR count). The van der Waals surface area contributed by atoms with Gasteiger partial charge < -0.3 is 0 Å². The number of thioether (sulfide) groups is 3. The van der Waals surface area contributed by atoms with E-state index in [1.807, 2.05) is 25.1 Å². The van der Waals surface area contributed by atoms with Crippen LogP contribution in [-0.2, 0) is 8.87 Å². The van der Waals surface area contributed by atoms with Gasteiger partial charge in [-0.1, -0.05) is 62.9 Å². The fourth-order valence-electron chi connectivity index (χ4n) is 1.73. The monoisotopic (exact) mass is 300 g/mol. The first-order chi connectivity index (χ1) is 8.71. The average Bonchev–Trinajstić information content (AvgIpc) is 2.39. The number of hydrogen-bond donors (Lipinski definition) is 0. The minimum absolute atomic E-state index is 0.273. The van der Waals surface area contributed by atoms with Gasteiger partial charge in [-0.2, -0.15) is 0 Å². The van der Waals surface area contributed by atoms with E-state index < -0.39 is 4.08 Å². The Morgan fingerprint density at radius 2 is 1.56 bits per heavy atom. The summed E-state index contributed by atoms with van der Waals surface area (Å²) in [6, 6.07) is 10.2. The van der Waals surface area contributed by atoms with Gasteiger partial charge in [0.1, 0.15) is 0 Å². The maximum Gasteiger partial charge on any atom is 0.219 e. The summed E-state index contributed by atoms with van der Waals surface area (Å²) in [4.78, 5) is 12.6. The number of hydrogen-bond acceptors (Lipinski definition) is 4. The predicted octanol–water partition coefficient (Wildman–Crippen LogP) is 4.63. The molecular formula is C14H20OS3. The molecule has 0 aliphatic carbocycles. The van der Waals surface area contributed by atoms with E-state index in [1.54, 1.807) is 23.5 Å². The summed E-state index contributed by atoms with van der Waals surface area (Å²) in [6.07, 6.45) is 0. The first-order valence-electron chi connectivity index (χ1n) is 6.21. The Kier molecular flexibility index (Phi) is 7.27. The van der Waals surface area contributed by atoms with Crippen LogP contribution in [0.3, 0.4) is 0 Å². The van der Waals surface area contributed by atoms with Crippen molar-refractivity contribution in [2.45, 2.75) is 24.9 Å². The van der Waals surface area contributed by atoms with Crippen molar-refractivity contribution in [3.8, 4) is 0 Å². The Balaban J connectivity index is 3.16. The summed E-state index contributed by atoms with van der Waals surface area (Å²) in [6.45, 7) is 6.26. The zero-order valence-corrected chi connectivity index (χ0v) is 13.6. The van der Waals surface area contributed by atoms with Gasteiger partial charge >= 0.3 is 0 Å². The highest BCUT2D eigenvalue weighted by Crippen LogP contribution is 2.49. The largest absolute Gasteiger partial charge is 0.284 e. The molecule has 4 heteroatoms. The minimum atomic E-state index is -0.439. The quantitative estimate of drug-likeness (QED) is 0.683. The number of carbonyl (C=O) groups is 1. The van der Waals surface area contributed by atoms with Crippen molar-refractivity contribution in [1.82, 2.24) is 0 Å². The van der Waals surface area contributed by atoms with Crippen molar-refractivity contribution >= 4 is 40.4 Å². The molecule has 0 heterocycles. The molecule has 1 aromatic rings. The van der Waals surface area contributed by atoms with Crippen molar-refractivity contribution < 1.29 is 4.79 Å². The third-order valence-electron chi connectivity index (χ3n) is 2.39. The molecule has 0 aromatic heterocycles. The van der Waals surface area contributed by atoms with Crippen LogP contribution >= 0.6 is 35.3 Å². The van der Waals surface area contributed by atoms with Gasteiger partial charge in [-0.3, -0.25) is 4.79 Å². The standard InChI is InChI=1S/C14H20OS3/c1-4-16-13(15)14(17-5-2,18-6-3)12-10-8-7-9-11-12/h7-11H,4-6H2,1-3H3. The summed E-state index contributed by atoms with van der Waals surface area (Å²) in [7, 11) is 0. The Labute approximate surface area is 123 Å². The van der Waals surface area contributed by atoms with E-state index in [0.717, 1.165) is 22.8 Å². The lowest BCUT2D eigenvalue weighted by Crippen LogP contribution is -2.27. The van der Waals surface area contributed by atoms with Gasteiger partial charge in [-0.25, -0.2) is 0 Å². The molecule has 0 aliphatic heterocycles. The molecule has 100 valence electrons. The highest BCUT2D eigenvalue weighted by atomic mass is 32.2. The molecule has 0 unspecified atom stereocenters. The van der Waals surface area contributed by atoms with E-state index in [2.05, 4.69) is 26.0 Å². The molecule has 0 amide bonds. The van der Waals surface area contributed by atoms with E-state index in [1.165, 1.54) is 11.8 Å². The van der Waals surface area contributed by atoms with Crippen molar-refractivity contribution in [3.63, 3.8) is 0 Å². The van der Waals surface area contributed by atoms with Crippen LogP contribution in [-0.4, -0.2) is 22.4 Å². The Bertz CT molecular complexity index is 359. The maximum absolute atomic E-state index is 12.6. The third-order valence-corrected chi connectivity index (χ3v) is 6.45. The fraction of sp³-hybridized carbons (Fsp3) is 0.500. The second kappa shape index (κ2) is 8.18. The van der Waals surface area contributed by atoms with Gasteiger partial charge in [-0.15, -0.1) is 23.5 Å².